The summed E-state index contributed by atoms with van der Waals surface area (Å²) in [5, 5.41) is 18.9. The van der Waals surface area contributed by atoms with E-state index in [0.29, 0.717) is 12.8 Å². The van der Waals surface area contributed by atoms with Crippen LogP contribution in [0.3, 0.4) is 0 Å². The third-order valence-corrected chi connectivity index (χ3v) is 2.62. The van der Waals surface area contributed by atoms with Crippen LogP contribution < -0.4 is 0 Å². The van der Waals surface area contributed by atoms with E-state index in [0.717, 1.165) is 12.8 Å². The molecule has 74 valence electrons. The number of carboxylic acids is 1. The van der Waals surface area contributed by atoms with Gasteiger partial charge in [0.15, 0.2) is 0 Å². The average molecular weight is 187 g/mol. The molecule has 1 rings (SSSR count). The first kappa shape index (κ1) is 9.95. The van der Waals surface area contributed by atoms with Gasteiger partial charge < -0.3 is 5.11 Å². The Hall–Kier alpha value is -1.13. The van der Waals surface area contributed by atoms with Crippen LogP contribution in [0.1, 0.15) is 32.1 Å². The van der Waals surface area contributed by atoms with Gasteiger partial charge in [0.25, 0.3) is 0 Å². The highest BCUT2D eigenvalue weighted by Crippen LogP contribution is 2.31. The molecule has 0 radical (unpaired) electrons. The van der Waals surface area contributed by atoms with Crippen LogP contribution in [0.4, 0.5) is 0 Å². The summed E-state index contributed by atoms with van der Waals surface area (Å²) in [6.45, 7) is 0. The highest BCUT2D eigenvalue weighted by atomic mass is 16.6. The number of nitrogens with zero attached hydrogens (tertiary/aromatic N) is 1. The molecule has 0 aliphatic heterocycles. The summed E-state index contributed by atoms with van der Waals surface area (Å²) in [5.74, 6) is -0.889. The van der Waals surface area contributed by atoms with E-state index < -0.39 is 12.0 Å². The number of carboxylic acid groups (broad SMARTS) is 1. The lowest BCUT2D eigenvalue weighted by Crippen LogP contribution is -2.24. The van der Waals surface area contributed by atoms with Crippen LogP contribution in [0.15, 0.2) is 0 Å². The zero-order valence-corrected chi connectivity index (χ0v) is 7.31. The van der Waals surface area contributed by atoms with Crippen molar-refractivity contribution in [1.29, 1.82) is 0 Å². The zero-order valence-electron chi connectivity index (χ0n) is 7.31. The van der Waals surface area contributed by atoms with Gasteiger partial charge >= 0.3 is 5.97 Å². The first-order chi connectivity index (χ1) is 6.11. The summed E-state index contributed by atoms with van der Waals surface area (Å²) in [4.78, 5) is 20.5. The first-order valence-electron chi connectivity index (χ1n) is 4.46. The predicted molar refractivity (Wildman–Crippen MR) is 45.0 cm³/mol. The smallest absolute Gasteiger partial charge is 0.303 e. The molecule has 1 aliphatic rings. The van der Waals surface area contributed by atoms with Crippen LogP contribution in [0, 0.1) is 16.0 Å². The fourth-order valence-electron chi connectivity index (χ4n) is 1.94. The number of aliphatic carboxylic acids is 1. The molecule has 5 nitrogen and oxygen atoms in total. The topological polar surface area (TPSA) is 80.4 Å². The normalized spacial score (nSPS) is 27.4. The molecule has 13 heavy (non-hydrogen) atoms. The first-order valence-corrected chi connectivity index (χ1v) is 4.46. The van der Waals surface area contributed by atoms with E-state index >= 15 is 0 Å². The Bertz CT molecular complexity index is 216. The Labute approximate surface area is 75.9 Å². The van der Waals surface area contributed by atoms with E-state index in [2.05, 4.69) is 0 Å². The lowest BCUT2D eigenvalue weighted by Gasteiger charge is -2.10. The fourth-order valence-corrected chi connectivity index (χ4v) is 1.94. The van der Waals surface area contributed by atoms with E-state index in [4.69, 9.17) is 5.11 Å². The molecule has 1 saturated carbocycles. The number of nitro groups is 1. The summed E-state index contributed by atoms with van der Waals surface area (Å²) >= 11 is 0. The van der Waals surface area contributed by atoms with Crippen molar-refractivity contribution in [2.24, 2.45) is 5.92 Å². The van der Waals surface area contributed by atoms with Crippen molar-refractivity contribution in [3.63, 3.8) is 0 Å². The van der Waals surface area contributed by atoms with Gasteiger partial charge in [-0.25, -0.2) is 0 Å². The Morgan fingerprint density at radius 2 is 2.23 bits per heavy atom. The molecule has 0 saturated heterocycles. The quantitative estimate of drug-likeness (QED) is 0.531. The zero-order chi connectivity index (χ0) is 9.84. The standard InChI is InChI=1S/C8H13NO4/c10-8(11)5-4-6-2-1-3-7(6)9(12)13/h6-7H,1-5H2,(H,10,11). The molecule has 0 aromatic heterocycles. The molecule has 0 bridgehead atoms. The highest BCUT2D eigenvalue weighted by molar-refractivity contribution is 5.66. The monoisotopic (exact) mass is 187 g/mol. The molecular weight excluding hydrogens is 174 g/mol. The molecule has 0 heterocycles. The maximum Gasteiger partial charge on any atom is 0.303 e. The molecule has 0 aromatic carbocycles. The van der Waals surface area contributed by atoms with E-state index in [9.17, 15) is 14.9 Å². The highest BCUT2D eigenvalue weighted by Gasteiger charge is 2.35. The van der Waals surface area contributed by atoms with Gasteiger partial charge in [-0.3, -0.25) is 14.9 Å². The minimum absolute atomic E-state index is 0.0221. The Kier molecular flexibility index (Phi) is 3.22. The molecule has 2 unspecified atom stereocenters. The molecule has 0 amide bonds. The lowest BCUT2D eigenvalue weighted by molar-refractivity contribution is -0.528. The number of carbonyl (C=O) groups is 1. The van der Waals surface area contributed by atoms with Crippen molar-refractivity contribution in [3.05, 3.63) is 10.1 Å². The second-order valence-electron chi connectivity index (χ2n) is 3.48. The third kappa shape index (κ3) is 2.68. The predicted octanol–water partition coefficient (Wildman–Crippen LogP) is 1.30. The van der Waals surface area contributed by atoms with Crippen LogP contribution in [-0.2, 0) is 4.79 Å². The minimum Gasteiger partial charge on any atom is -0.481 e. The fraction of sp³-hybridized carbons (Fsp3) is 0.875. The number of hydrogen-bond acceptors (Lipinski definition) is 3. The Balaban J connectivity index is 2.39. The van der Waals surface area contributed by atoms with Crippen LogP contribution in [0.2, 0.25) is 0 Å². The summed E-state index contributed by atoms with van der Waals surface area (Å²) in [7, 11) is 0. The van der Waals surface area contributed by atoms with Gasteiger partial charge in [0.1, 0.15) is 0 Å². The van der Waals surface area contributed by atoms with Crippen molar-refractivity contribution in [1.82, 2.24) is 0 Å². The van der Waals surface area contributed by atoms with Crippen molar-refractivity contribution in [2.45, 2.75) is 38.1 Å². The Morgan fingerprint density at radius 3 is 2.77 bits per heavy atom. The van der Waals surface area contributed by atoms with Gasteiger partial charge in [-0.1, -0.05) is 0 Å². The van der Waals surface area contributed by atoms with Crippen molar-refractivity contribution < 1.29 is 14.8 Å². The van der Waals surface area contributed by atoms with Gasteiger partial charge in [0, 0.05) is 23.7 Å². The van der Waals surface area contributed by atoms with Crippen LogP contribution >= 0.6 is 0 Å². The van der Waals surface area contributed by atoms with E-state index in [1.807, 2.05) is 0 Å². The molecule has 1 aliphatic carbocycles. The van der Waals surface area contributed by atoms with Gasteiger partial charge in [-0.15, -0.1) is 0 Å². The minimum atomic E-state index is -0.867. The summed E-state index contributed by atoms with van der Waals surface area (Å²) in [5.41, 5.74) is 0. The van der Waals surface area contributed by atoms with E-state index in [1.54, 1.807) is 0 Å². The average Bonchev–Trinajstić information content (AvgIpc) is 2.47. The summed E-state index contributed by atoms with van der Waals surface area (Å²) in [6.07, 6.45) is 2.77. The second kappa shape index (κ2) is 4.20. The second-order valence-corrected chi connectivity index (χ2v) is 3.48. The molecule has 5 heteroatoms. The van der Waals surface area contributed by atoms with E-state index in [1.165, 1.54) is 0 Å². The molecule has 0 aromatic rings. The van der Waals surface area contributed by atoms with Gasteiger partial charge in [-0.2, -0.15) is 0 Å². The lowest BCUT2D eigenvalue weighted by atomic mass is 9.98. The van der Waals surface area contributed by atoms with Gasteiger partial charge in [0.05, 0.1) is 0 Å². The molecule has 0 spiro atoms. The molecular formula is C8H13NO4. The number of rotatable bonds is 4. The molecule has 1 fully saturated rings. The van der Waals surface area contributed by atoms with E-state index in [-0.39, 0.29) is 17.3 Å². The Morgan fingerprint density at radius 1 is 1.54 bits per heavy atom. The largest absolute Gasteiger partial charge is 0.481 e. The van der Waals surface area contributed by atoms with Crippen LogP contribution in [0.25, 0.3) is 0 Å². The van der Waals surface area contributed by atoms with Crippen molar-refractivity contribution in [2.75, 3.05) is 0 Å². The SMILES string of the molecule is O=C(O)CCC1CCCC1[N+](=O)[O-]. The van der Waals surface area contributed by atoms with Crippen molar-refractivity contribution in [3.8, 4) is 0 Å². The van der Waals surface area contributed by atoms with Gasteiger partial charge in [-0.05, 0) is 19.3 Å². The van der Waals surface area contributed by atoms with Crippen LogP contribution in [-0.4, -0.2) is 22.0 Å². The number of hydrogen-bond donors (Lipinski definition) is 1. The third-order valence-electron chi connectivity index (χ3n) is 2.62. The molecule has 1 N–H and O–H groups in total. The van der Waals surface area contributed by atoms with Crippen LogP contribution in [0.5, 0.6) is 0 Å². The summed E-state index contributed by atoms with van der Waals surface area (Å²) < 4.78 is 0. The maximum absolute atomic E-state index is 10.5. The van der Waals surface area contributed by atoms with Crippen molar-refractivity contribution >= 4 is 5.97 Å². The maximum atomic E-state index is 10.5. The molecule has 2 atom stereocenters. The van der Waals surface area contributed by atoms with Gasteiger partial charge in [0.2, 0.25) is 6.04 Å². The summed E-state index contributed by atoms with van der Waals surface area (Å²) in [6, 6.07) is -0.501.